The van der Waals surface area contributed by atoms with Crippen molar-refractivity contribution in [3.05, 3.63) is 44.6 Å². The minimum Gasteiger partial charge on any atom is -0.493 e. The Kier molecular flexibility index (Phi) is 5.09. The van der Waals surface area contributed by atoms with E-state index in [1.165, 1.54) is 19.1 Å². The number of rotatable bonds is 5. The molecule has 2 aromatic rings. The highest BCUT2D eigenvalue weighted by Crippen LogP contribution is 2.35. The highest BCUT2D eigenvalue weighted by Gasteiger charge is 2.15. The van der Waals surface area contributed by atoms with Crippen LogP contribution in [0.5, 0.6) is 11.5 Å². The molecule has 112 valence electrons. The molecule has 0 atom stereocenters. The number of ether oxygens (including phenoxy) is 2. The average molecular weight is 326 g/mol. The Morgan fingerprint density at radius 2 is 2.05 bits per heavy atom. The van der Waals surface area contributed by atoms with Crippen LogP contribution in [0.4, 0.5) is 0 Å². The Morgan fingerprint density at radius 1 is 1.29 bits per heavy atom. The molecule has 6 heteroatoms. The topological polar surface area (TPSA) is 47.6 Å². The van der Waals surface area contributed by atoms with Crippen LogP contribution in [-0.2, 0) is 6.54 Å². The van der Waals surface area contributed by atoms with E-state index in [4.69, 9.17) is 21.1 Å². The first-order valence-electron chi connectivity index (χ1n) is 6.30. The largest absolute Gasteiger partial charge is 0.493 e. The van der Waals surface area contributed by atoms with Gasteiger partial charge in [0.25, 0.3) is 5.91 Å². The van der Waals surface area contributed by atoms with E-state index in [9.17, 15) is 4.79 Å². The van der Waals surface area contributed by atoms with E-state index in [1.807, 2.05) is 19.1 Å². The van der Waals surface area contributed by atoms with Gasteiger partial charge in [-0.2, -0.15) is 0 Å². The monoisotopic (exact) mass is 325 g/mol. The van der Waals surface area contributed by atoms with Crippen LogP contribution < -0.4 is 14.8 Å². The van der Waals surface area contributed by atoms with Gasteiger partial charge in [0.2, 0.25) is 0 Å². The summed E-state index contributed by atoms with van der Waals surface area (Å²) in [6, 6.07) is 7.21. The van der Waals surface area contributed by atoms with Crippen molar-refractivity contribution in [3.8, 4) is 11.5 Å². The summed E-state index contributed by atoms with van der Waals surface area (Å²) in [6.45, 7) is 2.52. The van der Waals surface area contributed by atoms with Crippen LogP contribution in [0.25, 0.3) is 0 Å². The van der Waals surface area contributed by atoms with Gasteiger partial charge in [0.1, 0.15) is 0 Å². The first kappa shape index (κ1) is 15.7. The Labute approximate surface area is 132 Å². The summed E-state index contributed by atoms with van der Waals surface area (Å²) >= 11 is 7.75. The van der Waals surface area contributed by atoms with Crippen molar-refractivity contribution < 1.29 is 14.3 Å². The minimum atomic E-state index is -0.205. The average Bonchev–Trinajstić information content (AvgIpc) is 2.89. The van der Waals surface area contributed by atoms with Gasteiger partial charge in [0.05, 0.1) is 25.8 Å². The summed E-state index contributed by atoms with van der Waals surface area (Å²) in [4.78, 5) is 14.5. The molecule has 1 aromatic heterocycles. The molecule has 0 radical (unpaired) electrons. The smallest absolute Gasteiger partial charge is 0.251 e. The molecule has 21 heavy (non-hydrogen) atoms. The Morgan fingerprint density at radius 3 is 2.62 bits per heavy atom. The lowest BCUT2D eigenvalue weighted by atomic mass is 10.2. The third-order valence-corrected chi connectivity index (χ3v) is 4.20. The number of aryl methyl sites for hydroxylation is 1. The lowest BCUT2D eigenvalue weighted by Gasteiger charge is -2.11. The molecular formula is C15H16ClNO3S. The van der Waals surface area contributed by atoms with E-state index in [1.54, 1.807) is 23.5 Å². The highest BCUT2D eigenvalue weighted by atomic mass is 35.5. The molecule has 1 aromatic carbocycles. The van der Waals surface area contributed by atoms with Gasteiger partial charge in [-0.1, -0.05) is 11.6 Å². The molecule has 0 unspecified atom stereocenters. The molecule has 0 spiro atoms. The molecule has 0 aliphatic carbocycles. The van der Waals surface area contributed by atoms with Gasteiger partial charge in [-0.15, -0.1) is 11.3 Å². The van der Waals surface area contributed by atoms with Crippen molar-refractivity contribution >= 4 is 28.8 Å². The lowest BCUT2D eigenvalue weighted by molar-refractivity contribution is 0.0951. The standard InChI is InChI=1S/C15H16ClNO3S/c1-9-4-5-11(21-9)8-17-15(18)10-6-12(16)14(20-3)13(7-10)19-2/h4-7H,8H2,1-3H3,(H,17,18). The van der Waals surface area contributed by atoms with Gasteiger partial charge in [-0.05, 0) is 31.2 Å². The number of methoxy groups -OCH3 is 2. The number of carbonyl (C=O) groups excluding carboxylic acids is 1. The quantitative estimate of drug-likeness (QED) is 0.912. The number of amides is 1. The van der Waals surface area contributed by atoms with Crippen molar-refractivity contribution in [3.63, 3.8) is 0 Å². The van der Waals surface area contributed by atoms with Crippen molar-refractivity contribution in [1.29, 1.82) is 0 Å². The molecule has 0 fully saturated rings. The van der Waals surface area contributed by atoms with Crippen LogP contribution in [-0.4, -0.2) is 20.1 Å². The summed E-state index contributed by atoms with van der Waals surface area (Å²) in [7, 11) is 3.01. The first-order valence-corrected chi connectivity index (χ1v) is 7.49. The zero-order valence-electron chi connectivity index (χ0n) is 12.0. The molecule has 0 bridgehead atoms. The van der Waals surface area contributed by atoms with Crippen LogP contribution in [0.15, 0.2) is 24.3 Å². The van der Waals surface area contributed by atoms with Crippen LogP contribution in [0.3, 0.4) is 0 Å². The van der Waals surface area contributed by atoms with E-state index in [2.05, 4.69) is 5.32 Å². The van der Waals surface area contributed by atoms with Gasteiger partial charge < -0.3 is 14.8 Å². The molecule has 2 rings (SSSR count). The van der Waals surface area contributed by atoms with Crippen LogP contribution in [0, 0.1) is 6.92 Å². The SMILES string of the molecule is COc1cc(C(=O)NCc2ccc(C)s2)cc(Cl)c1OC. The molecule has 1 amide bonds. The fourth-order valence-electron chi connectivity index (χ4n) is 1.90. The number of benzene rings is 1. The third-order valence-electron chi connectivity index (χ3n) is 2.91. The first-order chi connectivity index (χ1) is 10.0. The minimum absolute atomic E-state index is 0.205. The molecule has 4 nitrogen and oxygen atoms in total. The number of nitrogens with one attached hydrogen (secondary N) is 1. The number of carbonyl (C=O) groups is 1. The van der Waals surface area contributed by atoms with Gasteiger partial charge in [0, 0.05) is 15.3 Å². The molecule has 0 saturated heterocycles. The van der Waals surface area contributed by atoms with Gasteiger partial charge in [-0.3, -0.25) is 4.79 Å². The van der Waals surface area contributed by atoms with Crippen LogP contribution in [0.2, 0.25) is 5.02 Å². The predicted molar refractivity (Wildman–Crippen MR) is 84.8 cm³/mol. The third kappa shape index (κ3) is 3.68. The van der Waals surface area contributed by atoms with E-state index in [-0.39, 0.29) is 5.91 Å². The highest BCUT2D eigenvalue weighted by molar-refractivity contribution is 7.11. The maximum absolute atomic E-state index is 12.2. The van der Waals surface area contributed by atoms with Crippen LogP contribution in [0.1, 0.15) is 20.1 Å². The van der Waals surface area contributed by atoms with Crippen molar-refractivity contribution in [1.82, 2.24) is 5.32 Å². The second-order valence-electron chi connectivity index (χ2n) is 4.39. The van der Waals surface area contributed by atoms with Crippen molar-refractivity contribution in [2.45, 2.75) is 13.5 Å². The normalized spacial score (nSPS) is 10.3. The lowest BCUT2D eigenvalue weighted by Crippen LogP contribution is -2.22. The van der Waals surface area contributed by atoms with Crippen molar-refractivity contribution in [2.24, 2.45) is 0 Å². The van der Waals surface area contributed by atoms with Gasteiger partial charge in [-0.25, -0.2) is 0 Å². The van der Waals surface area contributed by atoms with E-state index in [0.29, 0.717) is 28.6 Å². The summed E-state index contributed by atoms with van der Waals surface area (Å²) < 4.78 is 10.3. The van der Waals surface area contributed by atoms with Crippen LogP contribution >= 0.6 is 22.9 Å². The molecule has 1 N–H and O–H groups in total. The fraction of sp³-hybridized carbons (Fsp3) is 0.267. The summed E-state index contributed by atoms with van der Waals surface area (Å²) in [5, 5.41) is 3.20. The van der Waals surface area contributed by atoms with E-state index in [0.717, 1.165) is 4.88 Å². The summed E-state index contributed by atoms with van der Waals surface area (Å²) in [6.07, 6.45) is 0. The maximum Gasteiger partial charge on any atom is 0.251 e. The second kappa shape index (κ2) is 6.83. The summed E-state index contributed by atoms with van der Waals surface area (Å²) in [5.74, 6) is 0.649. The number of hydrogen-bond acceptors (Lipinski definition) is 4. The number of thiophene rings is 1. The zero-order chi connectivity index (χ0) is 15.4. The van der Waals surface area contributed by atoms with Crippen molar-refractivity contribution in [2.75, 3.05) is 14.2 Å². The molecule has 0 saturated carbocycles. The van der Waals surface area contributed by atoms with E-state index >= 15 is 0 Å². The zero-order valence-corrected chi connectivity index (χ0v) is 13.6. The maximum atomic E-state index is 12.2. The number of hydrogen-bond donors (Lipinski definition) is 1. The second-order valence-corrected chi connectivity index (χ2v) is 6.17. The Balaban J connectivity index is 2.13. The predicted octanol–water partition coefficient (Wildman–Crippen LogP) is 3.66. The van der Waals surface area contributed by atoms with Gasteiger partial charge in [0.15, 0.2) is 11.5 Å². The molecule has 0 aliphatic heterocycles. The molecule has 0 aliphatic rings. The number of halogens is 1. The molecular weight excluding hydrogens is 310 g/mol. The van der Waals surface area contributed by atoms with E-state index < -0.39 is 0 Å². The fourth-order valence-corrected chi connectivity index (χ4v) is 3.02. The molecule has 1 heterocycles. The Bertz CT molecular complexity index is 654. The van der Waals surface area contributed by atoms with Gasteiger partial charge >= 0.3 is 0 Å². The Hall–Kier alpha value is -1.72. The summed E-state index contributed by atoms with van der Waals surface area (Å²) in [5.41, 5.74) is 0.436.